The summed E-state index contributed by atoms with van der Waals surface area (Å²) in [6.45, 7) is 0.945. The molecule has 0 aliphatic carbocycles. The second-order valence-corrected chi connectivity index (χ2v) is 7.96. The van der Waals surface area contributed by atoms with Gasteiger partial charge in [0, 0.05) is 31.7 Å². The number of nitrogen functional groups attached to an aromatic ring is 1. The van der Waals surface area contributed by atoms with Gasteiger partial charge in [-0.1, -0.05) is 11.6 Å². The zero-order valence-corrected chi connectivity index (χ0v) is 14.0. The number of anilines is 1. The zero-order valence-electron chi connectivity index (χ0n) is 12.4. The monoisotopic (exact) mass is 352 g/mol. The molecule has 122 valence electrons. The molecule has 1 aliphatic heterocycles. The Morgan fingerprint density at radius 3 is 2.83 bits per heavy atom. The summed E-state index contributed by atoms with van der Waals surface area (Å²) >= 11 is 5.86. The van der Waals surface area contributed by atoms with Crippen molar-refractivity contribution >= 4 is 27.4 Å². The van der Waals surface area contributed by atoms with Gasteiger partial charge in [-0.05, 0) is 42.5 Å². The molecule has 8 heteroatoms. The van der Waals surface area contributed by atoms with Gasteiger partial charge in [0.1, 0.15) is 10.7 Å². The molecule has 2 N–H and O–H groups in total. The summed E-state index contributed by atoms with van der Waals surface area (Å²) in [5.41, 5.74) is 6.88. The number of nitrogens with two attached hydrogens (primary N) is 1. The maximum absolute atomic E-state index is 12.7. The van der Waals surface area contributed by atoms with Crippen LogP contribution in [-0.2, 0) is 16.4 Å². The van der Waals surface area contributed by atoms with Gasteiger partial charge in [-0.15, -0.1) is 0 Å². The maximum atomic E-state index is 12.7. The fourth-order valence-corrected chi connectivity index (χ4v) is 4.66. The van der Waals surface area contributed by atoms with Crippen LogP contribution in [0.4, 0.5) is 5.82 Å². The molecule has 3 heterocycles. The lowest BCUT2D eigenvalue weighted by Gasteiger charge is -2.17. The zero-order chi connectivity index (χ0) is 16.4. The standard InChI is InChI=1S/C15H17ClN4O2S/c16-13-8-14(15(17)19-9-13)23(21,22)20-6-3-12(10-20)7-11-1-4-18-5-2-11/h1-2,4-5,8-9,12H,3,6-7,10H2,(H2,17,19). The molecule has 2 aromatic rings. The summed E-state index contributed by atoms with van der Waals surface area (Å²) in [6.07, 6.45) is 6.48. The Morgan fingerprint density at radius 2 is 2.09 bits per heavy atom. The highest BCUT2D eigenvalue weighted by molar-refractivity contribution is 7.89. The molecule has 1 fully saturated rings. The summed E-state index contributed by atoms with van der Waals surface area (Å²) in [5.74, 6) is 0.257. The van der Waals surface area contributed by atoms with Crippen LogP contribution in [0, 0.1) is 5.92 Å². The number of sulfonamides is 1. The molecular formula is C15H17ClN4O2S. The van der Waals surface area contributed by atoms with Crippen molar-refractivity contribution in [3.8, 4) is 0 Å². The van der Waals surface area contributed by atoms with Crippen molar-refractivity contribution in [2.75, 3.05) is 18.8 Å². The van der Waals surface area contributed by atoms with Crippen molar-refractivity contribution in [3.63, 3.8) is 0 Å². The van der Waals surface area contributed by atoms with Crippen molar-refractivity contribution in [1.82, 2.24) is 14.3 Å². The van der Waals surface area contributed by atoms with Gasteiger partial charge in [0.15, 0.2) is 0 Å². The van der Waals surface area contributed by atoms with Crippen molar-refractivity contribution in [3.05, 3.63) is 47.4 Å². The highest BCUT2D eigenvalue weighted by atomic mass is 35.5. The van der Waals surface area contributed by atoms with Crippen molar-refractivity contribution in [2.24, 2.45) is 5.92 Å². The molecule has 0 amide bonds. The Hall–Kier alpha value is -1.70. The Balaban J connectivity index is 1.76. The summed E-state index contributed by atoms with van der Waals surface area (Å²) in [5, 5.41) is 0.255. The summed E-state index contributed by atoms with van der Waals surface area (Å²) in [4.78, 5) is 7.81. The number of halogens is 1. The van der Waals surface area contributed by atoms with Crippen molar-refractivity contribution in [2.45, 2.75) is 17.7 Å². The van der Waals surface area contributed by atoms with E-state index in [2.05, 4.69) is 9.97 Å². The van der Waals surface area contributed by atoms with E-state index in [-0.39, 0.29) is 21.7 Å². The Bertz CT molecular complexity index is 798. The van der Waals surface area contributed by atoms with Gasteiger partial charge < -0.3 is 5.73 Å². The van der Waals surface area contributed by atoms with Crippen LogP contribution in [0.15, 0.2) is 41.7 Å². The second-order valence-electron chi connectivity index (χ2n) is 5.61. The van der Waals surface area contributed by atoms with Crippen LogP contribution < -0.4 is 5.73 Å². The number of hydrogen-bond donors (Lipinski definition) is 1. The molecule has 0 aromatic carbocycles. The number of nitrogens with zero attached hydrogens (tertiary/aromatic N) is 3. The van der Waals surface area contributed by atoms with Crippen LogP contribution in [0.25, 0.3) is 0 Å². The lowest BCUT2D eigenvalue weighted by atomic mass is 10.00. The van der Waals surface area contributed by atoms with Crippen molar-refractivity contribution in [1.29, 1.82) is 0 Å². The highest BCUT2D eigenvalue weighted by Crippen LogP contribution is 2.29. The van der Waals surface area contributed by atoms with E-state index in [4.69, 9.17) is 17.3 Å². The van der Waals surface area contributed by atoms with E-state index in [1.54, 1.807) is 12.4 Å². The van der Waals surface area contributed by atoms with Gasteiger partial charge in [-0.2, -0.15) is 4.31 Å². The molecule has 1 saturated heterocycles. The molecule has 0 radical (unpaired) electrons. The molecule has 0 saturated carbocycles. The molecule has 23 heavy (non-hydrogen) atoms. The number of hydrogen-bond acceptors (Lipinski definition) is 5. The highest BCUT2D eigenvalue weighted by Gasteiger charge is 2.34. The summed E-state index contributed by atoms with van der Waals surface area (Å²) < 4.78 is 26.9. The predicted molar refractivity (Wildman–Crippen MR) is 88.5 cm³/mol. The van der Waals surface area contributed by atoms with Crippen LogP contribution in [0.1, 0.15) is 12.0 Å². The average Bonchev–Trinajstić information content (AvgIpc) is 3.00. The Labute approximate surface area is 140 Å². The second kappa shape index (κ2) is 6.43. The first-order valence-electron chi connectivity index (χ1n) is 7.27. The first-order chi connectivity index (χ1) is 11.0. The topological polar surface area (TPSA) is 89.2 Å². The Morgan fingerprint density at radius 1 is 1.35 bits per heavy atom. The van der Waals surface area contributed by atoms with Gasteiger partial charge in [0.2, 0.25) is 10.0 Å². The minimum atomic E-state index is -3.67. The lowest BCUT2D eigenvalue weighted by Crippen LogP contribution is -2.30. The summed E-state index contributed by atoms with van der Waals surface area (Å²) in [6, 6.07) is 5.27. The quantitative estimate of drug-likeness (QED) is 0.908. The molecule has 0 bridgehead atoms. The van der Waals surface area contributed by atoms with Crippen molar-refractivity contribution < 1.29 is 8.42 Å². The van der Waals surface area contributed by atoms with E-state index in [0.717, 1.165) is 18.4 Å². The minimum absolute atomic E-state index is 0.0189. The third kappa shape index (κ3) is 3.46. The van der Waals surface area contributed by atoms with Crippen LogP contribution in [-0.4, -0.2) is 35.8 Å². The molecule has 3 rings (SSSR count). The van der Waals surface area contributed by atoms with Crippen LogP contribution >= 0.6 is 11.6 Å². The SMILES string of the molecule is Nc1ncc(Cl)cc1S(=O)(=O)N1CCC(Cc2ccncc2)C1. The maximum Gasteiger partial charge on any atom is 0.246 e. The molecule has 0 spiro atoms. The van der Waals surface area contributed by atoms with Gasteiger partial charge in [0.05, 0.1) is 5.02 Å². The van der Waals surface area contributed by atoms with Gasteiger partial charge in [-0.25, -0.2) is 13.4 Å². The molecule has 6 nitrogen and oxygen atoms in total. The molecule has 1 aliphatic rings. The molecule has 1 atom stereocenters. The van der Waals surface area contributed by atoms with Crippen LogP contribution in [0.3, 0.4) is 0 Å². The minimum Gasteiger partial charge on any atom is -0.383 e. The molecule has 2 aromatic heterocycles. The van der Waals surface area contributed by atoms with E-state index >= 15 is 0 Å². The van der Waals surface area contributed by atoms with E-state index in [0.29, 0.717) is 13.1 Å². The van der Waals surface area contributed by atoms with Crippen LogP contribution in [0.2, 0.25) is 5.02 Å². The first kappa shape index (κ1) is 16.2. The van der Waals surface area contributed by atoms with Gasteiger partial charge in [-0.3, -0.25) is 4.98 Å². The third-order valence-corrected chi connectivity index (χ3v) is 6.09. The molecule has 1 unspecified atom stereocenters. The predicted octanol–water partition coefficient (Wildman–Crippen LogP) is 1.97. The Kier molecular flexibility index (Phi) is 4.52. The largest absolute Gasteiger partial charge is 0.383 e. The van der Waals surface area contributed by atoms with Crippen LogP contribution in [0.5, 0.6) is 0 Å². The summed E-state index contributed by atoms with van der Waals surface area (Å²) in [7, 11) is -3.67. The van der Waals surface area contributed by atoms with E-state index in [9.17, 15) is 8.42 Å². The number of pyridine rings is 2. The normalized spacial score (nSPS) is 19.1. The average molecular weight is 353 g/mol. The first-order valence-corrected chi connectivity index (χ1v) is 9.08. The van der Waals surface area contributed by atoms with E-state index in [1.165, 1.54) is 16.6 Å². The molecular weight excluding hydrogens is 336 g/mol. The number of aromatic nitrogens is 2. The van der Waals surface area contributed by atoms with Gasteiger partial charge in [0.25, 0.3) is 0 Å². The smallest absolute Gasteiger partial charge is 0.246 e. The van der Waals surface area contributed by atoms with Gasteiger partial charge >= 0.3 is 0 Å². The lowest BCUT2D eigenvalue weighted by molar-refractivity contribution is 0.456. The fourth-order valence-electron chi connectivity index (χ4n) is 2.81. The van der Waals surface area contributed by atoms with E-state index < -0.39 is 10.0 Å². The number of rotatable bonds is 4. The third-order valence-electron chi connectivity index (χ3n) is 3.99. The van der Waals surface area contributed by atoms with E-state index in [1.807, 2.05) is 12.1 Å². The fraction of sp³-hybridized carbons (Fsp3) is 0.333.